The molecule has 26 heavy (non-hydrogen) atoms. The average molecular weight is 355 g/mol. The summed E-state index contributed by atoms with van der Waals surface area (Å²) in [5.41, 5.74) is 8.21. The van der Waals surface area contributed by atoms with Crippen LogP contribution in [0.1, 0.15) is 5.56 Å². The zero-order valence-corrected chi connectivity index (χ0v) is 15.4. The Bertz CT molecular complexity index is 1030. The van der Waals surface area contributed by atoms with Gasteiger partial charge in [0.25, 0.3) is 0 Å². The second-order valence-corrected chi connectivity index (χ2v) is 6.85. The third kappa shape index (κ3) is 3.29. The second kappa shape index (κ2) is 7.19. The quantitative estimate of drug-likeness (QED) is 0.354. The highest BCUT2D eigenvalue weighted by atomic mass is 35.5. The minimum atomic E-state index is 0.798. The fourth-order valence-corrected chi connectivity index (χ4v) is 3.49. The summed E-state index contributed by atoms with van der Waals surface area (Å²) in [5.74, 6) is 0. The maximum Gasteiger partial charge on any atom is 0.0447 e. The summed E-state index contributed by atoms with van der Waals surface area (Å²) in [7, 11) is 0. The molecule has 0 N–H and O–H groups in total. The Balaban J connectivity index is 1.85. The Kier molecular flexibility index (Phi) is 4.60. The van der Waals surface area contributed by atoms with Crippen LogP contribution in [0.25, 0.3) is 33.4 Å². The van der Waals surface area contributed by atoms with Crippen LogP contribution in [0.4, 0.5) is 0 Å². The van der Waals surface area contributed by atoms with Crippen LogP contribution in [0.15, 0.2) is 97.1 Å². The van der Waals surface area contributed by atoms with Gasteiger partial charge in [0.15, 0.2) is 0 Å². The van der Waals surface area contributed by atoms with Gasteiger partial charge in [-0.1, -0.05) is 90.5 Å². The lowest BCUT2D eigenvalue weighted by Gasteiger charge is -2.13. The molecule has 0 fully saturated rings. The van der Waals surface area contributed by atoms with E-state index in [1.165, 1.54) is 27.8 Å². The van der Waals surface area contributed by atoms with Gasteiger partial charge in [0.1, 0.15) is 0 Å². The van der Waals surface area contributed by atoms with Gasteiger partial charge in [0, 0.05) is 5.02 Å². The predicted molar refractivity (Wildman–Crippen MR) is 112 cm³/mol. The van der Waals surface area contributed by atoms with Crippen molar-refractivity contribution in [1.29, 1.82) is 0 Å². The Hall–Kier alpha value is -2.83. The van der Waals surface area contributed by atoms with Crippen LogP contribution in [-0.2, 0) is 0 Å². The summed E-state index contributed by atoms with van der Waals surface area (Å²) in [5, 5.41) is 0.798. The van der Waals surface area contributed by atoms with Crippen LogP contribution in [0, 0.1) is 6.92 Å². The van der Waals surface area contributed by atoms with E-state index in [1.807, 2.05) is 12.1 Å². The molecule has 0 bridgehead atoms. The number of halogens is 1. The van der Waals surface area contributed by atoms with Crippen LogP contribution in [0.5, 0.6) is 0 Å². The van der Waals surface area contributed by atoms with Crippen LogP contribution in [0.2, 0.25) is 5.02 Å². The zero-order chi connectivity index (χ0) is 17.9. The van der Waals surface area contributed by atoms with Gasteiger partial charge in [0.2, 0.25) is 0 Å². The number of rotatable bonds is 3. The van der Waals surface area contributed by atoms with Crippen molar-refractivity contribution in [3.8, 4) is 33.4 Å². The molecule has 1 heteroatoms. The Morgan fingerprint density at radius 3 is 1.69 bits per heavy atom. The smallest absolute Gasteiger partial charge is 0.0447 e. The molecule has 0 aromatic heterocycles. The molecule has 4 aromatic carbocycles. The van der Waals surface area contributed by atoms with Gasteiger partial charge in [-0.3, -0.25) is 0 Å². The zero-order valence-electron chi connectivity index (χ0n) is 14.6. The first-order valence-electron chi connectivity index (χ1n) is 8.74. The van der Waals surface area contributed by atoms with E-state index >= 15 is 0 Å². The van der Waals surface area contributed by atoms with Crippen LogP contribution in [-0.4, -0.2) is 0 Å². The minimum absolute atomic E-state index is 0.798. The lowest BCUT2D eigenvalue weighted by molar-refractivity contribution is 1.45. The fraction of sp³-hybridized carbons (Fsp3) is 0.0400. The molecular formula is C25H19Cl. The highest BCUT2D eigenvalue weighted by molar-refractivity contribution is 6.32. The summed E-state index contributed by atoms with van der Waals surface area (Å²) in [6.07, 6.45) is 0. The van der Waals surface area contributed by atoms with Crippen molar-refractivity contribution in [2.75, 3.05) is 0 Å². The Morgan fingerprint density at radius 1 is 0.500 bits per heavy atom. The summed E-state index contributed by atoms with van der Waals surface area (Å²) >= 11 is 6.58. The topological polar surface area (TPSA) is 0 Å². The summed E-state index contributed by atoms with van der Waals surface area (Å²) in [4.78, 5) is 0. The lowest BCUT2D eigenvalue weighted by atomic mass is 9.93. The van der Waals surface area contributed by atoms with Crippen molar-refractivity contribution in [1.82, 2.24) is 0 Å². The molecule has 4 rings (SSSR count). The average Bonchev–Trinajstić information content (AvgIpc) is 2.71. The summed E-state index contributed by atoms with van der Waals surface area (Å²) in [6.45, 7) is 2.08. The first-order valence-corrected chi connectivity index (χ1v) is 9.11. The lowest BCUT2D eigenvalue weighted by Crippen LogP contribution is -1.89. The molecule has 0 amide bonds. The maximum absolute atomic E-state index is 6.58. The van der Waals surface area contributed by atoms with E-state index in [0.29, 0.717) is 0 Å². The summed E-state index contributed by atoms with van der Waals surface area (Å²) < 4.78 is 0. The van der Waals surface area contributed by atoms with Crippen molar-refractivity contribution < 1.29 is 0 Å². The van der Waals surface area contributed by atoms with Gasteiger partial charge in [-0.2, -0.15) is 0 Å². The van der Waals surface area contributed by atoms with Gasteiger partial charge >= 0.3 is 0 Å². The molecule has 0 spiro atoms. The van der Waals surface area contributed by atoms with Gasteiger partial charge in [-0.25, -0.2) is 0 Å². The van der Waals surface area contributed by atoms with E-state index in [1.54, 1.807) is 0 Å². The fourth-order valence-electron chi connectivity index (χ4n) is 3.27. The molecular weight excluding hydrogens is 336 g/mol. The van der Waals surface area contributed by atoms with E-state index < -0.39 is 0 Å². The van der Waals surface area contributed by atoms with Gasteiger partial charge < -0.3 is 0 Å². The third-order valence-electron chi connectivity index (χ3n) is 4.73. The maximum atomic E-state index is 6.58. The Labute approximate surface area is 159 Å². The van der Waals surface area contributed by atoms with Gasteiger partial charge in [-0.15, -0.1) is 0 Å². The molecule has 0 heterocycles. The SMILES string of the molecule is Cc1c(Cl)cc(-c2ccccc2)cc1-c1cccc(-c2ccccc2)c1. The monoisotopic (exact) mass is 354 g/mol. The van der Waals surface area contributed by atoms with E-state index in [4.69, 9.17) is 11.6 Å². The molecule has 4 aromatic rings. The molecule has 0 aliphatic rings. The molecule has 0 atom stereocenters. The third-order valence-corrected chi connectivity index (χ3v) is 5.12. The summed E-state index contributed by atoms with van der Waals surface area (Å²) in [6, 6.07) is 33.8. The first kappa shape index (κ1) is 16.6. The number of hydrogen-bond acceptors (Lipinski definition) is 0. The minimum Gasteiger partial charge on any atom is -0.0840 e. The number of benzene rings is 4. The molecule has 0 aliphatic heterocycles. The van der Waals surface area contributed by atoms with E-state index in [-0.39, 0.29) is 0 Å². The largest absolute Gasteiger partial charge is 0.0840 e. The van der Waals surface area contributed by atoms with Crippen LogP contribution in [0.3, 0.4) is 0 Å². The Morgan fingerprint density at radius 2 is 1.04 bits per heavy atom. The van der Waals surface area contributed by atoms with E-state index in [0.717, 1.165) is 16.1 Å². The highest BCUT2D eigenvalue weighted by Crippen LogP contribution is 2.35. The predicted octanol–water partition coefficient (Wildman–Crippen LogP) is 7.65. The van der Waals surface area contributed by atoms with E-state index in [9.17, 15) is 0 Å². The van der Waals surface area contributed by atoms with E-state index in [2.05, 4.69) is 91.9 Å². The normalized spacial score (nSPS) is 10.7. The van der Waals surface area contributed by atoms with Crippen molar-refractivity contribution >= 4 is 11.6 Å². The first-order chi connectivity index (χ1) is 12.7. The molecule has 0 aliphatic carbocycles. The van der Waals surface area contributed by atoms with Crippen molar-refractivity contribution in [3.05, 3.63) is 108 Å². The second-order valence-electron chi connectivity index (χ2n) is 6.44. The van der Waals surface area contributed by atoms with Crippen LogP contribution < -0.4 is 0 Å². The number of hydrogen-bond donors (Lipinski definition) is 0. The molecule has 0 nitrogen and oxygen atoms in total. The standard InChI is InChI=1S/C25H19Cl/c1-18-24(16-23(17-25(18)26)20-11-6-3-7-12-20)22-14-8-13-21(15-22)19-9-4-2-5-10-19/h2-17H,1H3. The molecule has 126 valence electrons. The van der Waals surface area contributed by atoms with Gasteiger partial charge in [0.05, 0.1) is 0 Å². The molecule has 0 unspecified atom stereocenters. The molecule has 0 saturated carbocycles. The van der Waals surface area contributed by atoms with Crippen molar-refractivity contribution in [2.45, 2.75) is 6.92 Å². The van der Waals surface area contributed by atoms with Gasteiger partial charge in [-0.05, 0) is 64.1 Å². The van der Waals surface area contributed by atoms with Crippen molar-refractivity contribution in [3.63, 3.8) is 0 Å². The highest BCUT2D eigenvalue weighted by Gasteiger charge is 2.10. The molecule has 0 radical (unpaired) electrons. The van der Waals surface area contributed by atoms with Crippen molar-refractivity contribution in [2.24, 2.45) is 0 Å². The molecule has 0 saturated heterocycles. The van der Waals surface area contributed by atoms with Crippen LogP contribution >= 0.6 is 11.6 Å².